The molecule has 0 N–H and O–H groups in total. The summed E-state index contributed by atoms with van der Waals surface area (Å²) >= 11 is 2.32. The molecule has 0 heterocycles. The van der Waals surface area contributed by atoms with E-state index in [0.717, 1.165) is 4.43 Å². The highest BCUT2D eigenvalue weighted by molar-refractivity contribution is 14.1. The van der Waals surface area contributed by atoms with Gasteiger partial charge in [0.2, 0.25) is 0 Å². The number of carbonyl (C=O) groups excluding carboxylic acids is 3. The van der Waals surface area contributed by atoms with Crippen LogP contribution in [0.3, 0.4) is 0 Å². The highest BCUT2D eigenvalue weighted by Crippen LogP contribution is 2.22. The van der Waals surface area contributed by atoms with Gasteiger partial charge in [0.15, 0.2) is 5.78 Å². The Kier molecular flexibility index (Phi) is 11.2. The Morgan fingerprint density at radius 3 is 1.87 bits per heavy atom. The van der Waals surface area contributed by atoms with E-state index in [-0.39, 0.29) is 29.9 Å². The van der Waals surface area contributed by atoms with Crippen molar-refractivity contribution < 1.29 is 23.9 Å². The normalized spacial score (nSPS) is 13.5. The van der Waals surface area contributed by atoms with Gasteiger partial charge in [0.25, 0.3) is 0 Å². The number of carbonyl (C=O) groups is 3. The van der Waals surface area contributed by atoms with Crippen molar-refractivity contribution >= 4 is 40.1 Å². The van der Waals surface area contributed by atoms with E-state index in [1.807, 2.05) is 46.6 Å². The molecular formula is C23H42INO5. The molecule has 0 aromatic rings. The molecule has 0 unspecified atom stereocenters. The molecule has 0 radical (unpaired) electrons. The first-order chi connectivity index (χ1) is 13.3. The van der Waals surface area contributed by atoms with Crippen molar-refractivity contribution in [3.8, 4) is 0 Å². The third kappa shape index (κ3) is 10.7. The van der Waals surface area contributed by atoms with Crippen LogP contribution in [0.15, 0.2) is 0 Å². The van der Waals surface area contributed by atoms with E-state index >= 15 is 0 Å². The molecule has 0 fully saturated rings. The van der Waals surface area contributed by atoms with Gasteiger partial charge in [-0.15, -0.1) is 0 Å². The molecule has 30 heavy (non-hydrogen) atoms. The lowest BCUT2D eigenvalue weighted by Crippen LogP contribution is -2.50. The molecule has 0 rings (SSSR count). The monoisotopic (exact) mass is 539 g/mol. The van der Waals surface area contributed by atoms with Crippen LogP contribution in [0.5, 0.6) is 0 Å². The number of hydrogen-bond donors (Lipinski definition) is 0. The largest absolute Gasteiger partial charge is 0.460 e. The van der Waals surface area contributed by atoms with Crippen LogP contribution in [0.25, 0.3) is 0 Å². The van der Waals surface area contributed by atoms with Gasteiger partial charge < -0.3 is 9.47 Å². The second kappa shape index (κ2) is 11.4. The number of esters is 1. The number of ether oxygens (including phenoxy) is 2. The summed E-state index contributed by atoms with van der Waals surface area (Å²) in [5.74, 6) is -0.342. The Bertz CT molecular complexity index is 605. The molecule has 0 aliphatic heterocycles. The summed E-state index contributed by atoms with van der Waals surface area (Å²) in [6.45, 7) is 17.5. The zero-order chi connectivity index (χ0) is 24.0. The number of hydrogen-bond acceptors (Lipinski definition) is 6. The number of nitrogens with zero attached hydrogens (tertiary/aromatic N) is 1. The average Bonchev–Trinajstić information content (AvgIpc) is 2.57. The molecule has 0 atom stereocenters. The molecule has 0 saturated heterocycles. The van der Waals surface area contributed by atoms with Crippen molar-refractivity contribution in [1.82, 2.24) is 4.90 Å². The van der Waals surface area contributed by atoms with E-state index in [4.69, 9.17) is 9.47 Å². The van der Waals surface area contributed by atoms with Crippen molar-refractivity contribution in [2.75, 3.05) is 24.6 Å². The van der Waals surface area contributed by atoms with Crippen LogP contribution in [0.2, 0.25) is 0 Å². The van der Waals surface area contributed by atoms with Gasteiger partial charge in [-0.25, -0.2) is 0 Å². The van der Waals surface area contributed by atoms with E-state index in [1.54, 1.807) is 13.8 Å². The highest BCUT2D eigenvalue weighted by Gasteiger charge is 2.33. The maximum atomic E-state index is 12.7. The summed E-state index contributed by atoms with van der Waals surface area (Å²) in [6, 6.07) is 0. The van der Waals surface area contributed by atoms with Crippen LogP contribution in [0, 0.1) is 5.41 Å². The number of halogens is 1. The van der Waals surface area contributed by atoms with Crippen molar-refractivity contribution in [2.24, 2.45) is 5.41 Å². The fourth-order valence-corrected chi connectivity index (χ4v) is 2.94. The van der Waals surface area contributed by atoms with Crippen LogP contribution < -0.4 is 0 Å². The maximum absolute atomic E-state index is 12.7. The molecule has 0 aliphatic rings. The maximum Gasteiger partial charge on any atom is 0.306 e. The second-order valence-electron chi connectivity index (χ2n) is 10.7. The first-order valence-corrected chi connectivity index (χ1v) is 12.1. The summed E-state index contributed by atoms with van der Waals surface area (Å²) in [4.78, 5) is 38.9. The van der Waals surface area contributed by atoms with Crippen molar-refractivity contribution in [3.05, 3.63) is 0 Å². The standard InChI is InChI=1S/C23H42INO5/c1-20(2,3)17(26)11-12-19(28)30-22(6,7)13-14-29-23(8,9)18(27)15-25(10)21(4,5)16-24/h11-16H2,1-10H3. The van der Waals surface area contributed by atoms with E-state index in [0.29, 0.717) is 19.6 Å². The summed E-state index contributed by atoms with van der Waals surface area (Å²) in [7, 11) is 1.94. The Balaban J connectivity index is 4.57. The number of likely N-dealkylation sites (N-methyl/N-ethyl adjacent to an activating group) is 1. The van der Waals surface area contributed by atoms with Gasteiger partial charge in [-0.1, -0.05) is 43.4 Å². The summed E-state index contributed by atoms with van der Waals surface area (Å²) in [5, 5.41) is 0. The number of Topliss-reactive ketones (excluding diaryl/α,β-unsaturated/α-hetero) is 2. The lowest BCUT2D eigenvalue weighted by atomic mass is 9.88. The SMILES string of the molecule is CN(CC(=O)C(C)(C)OCCC(C)(C)OC(=O)CCC(=O)C(C)(C)C)C(C)(C)CI. The van der Waals surface area contributed by atoms with Crippen molar-refractivity contribution in [3.63, 3.8) is 0 Å². The van der Waals surface area contributed by atoms with Gasteiger partial charge in [0.05, 0.1) is 19.6 Å². The lowest BCUT2D eigenvalue weighted by Gasteiger charge is -2.36. The van der Waals surface area contributed by atoms with Crippen LogP contribution in [0.4, 0.5) is 0 Å². The fourth-order valence-electron chi connectivity index (χ4n) is 2.36. The third-order valence-corrected chi connectivity index (χ3v) is 7.23. The second-order valence-corrected chi connectivity index (χ2v) is 11.5. The topological polar surface area (TPSA) is 72.9 Å². The average molecular weight is 539 g/mol. The van der Waals surface area contributed by atoms with Crippen LogP contribution in [-0.4, -0.2) is 63.8 Å². The smallest absolute Gasteiger partial charge is 0.306 e. The zero-order valence-electron chi connectivity index (χ0n) is 20.6. The Hall–Kier alpha value is -0.540. The molecule has 0 aromatic carbocycles. The number of rotatable bonds is 13. The Morgan fingerprint density at radius 2 is 1.40 bits per heavy atom. The number of alkyl halides is 1. The molecule has 7 heteroatoms. The third-order valence-electron chi connectivity index (χ3n) is 5.36. The molecular weight excluding hydrogens is 497 g/mol. The minimum atomic E-state index is -0.922. The van der Waals surface area contributed by atoms with Crippen LogP contribution in [0.1, 0.15) is 81.6 Å². The minimum absolute atomic E-state index is 0.0124. The van der Waals surface area contributed by atoms with E-state index in [2.05, 4.69) is 36.4 Å². The van der Waals surface area contributed by atoms with E-state index < -0.39 is 22.6 Å². The minimum Gasteiger partial charge on any atom is -0.460 e. The molecule has 6 nitrogen and oxygen atoms in total. The van der Waals surface area contributed by atoms with E-state index in [1.165, 1.54) is 0 Å². The summed E-state index contributed by atoms with van der Waals surface area (Å²) in [6.07, 6.45) is 0.707. The molecule has 0 aliphatic carbocycles. The molecule has 176 valence electrons. The van der Waals surface area contributed by atoms with Gasteiger partial charge in [0, 0.05) is 28.2 Å². The van der Waals surface area contributed by atoms with Gasteiger partial charge in [0.1, 0.15) is 17.0 Å². The molecule has 0 bridgehead atoms. The highest BCUT2D eigenvalue weighted by atomic mass is 127. The van der Waals surface area contributed by atoms with Crippen molar-refractivity contribution in [1.29, 1.82) is 0 Å². The Labute approximate surface area is 197 Å². The Morgan fingerprint density at radius 1 is 0.867 bits per heavy atom. The summed E-state index contributed by atoms with van der Waals surface area (Å²) < 4.78 is 12.3. The molecule has 0 spiro atoms. The predicted molar refractivity (Wildman–Crippen MR) is 129 cm³/mol. The van der Waals surface area contributed by atoms with E-state index in [9.17, 15) is 14.4 Å². The molecule has 0 amide bonds. The van der Waals surface area contributed by atoms with Gasteiger partial charge in [-0.05, 0) is 48.6 Å². The predicted octanol–water partition coefficient (Wildman–Crippen LogP) is 4.60. The van der Waals surface area contributed by atoms with Gasteiger partial charge >= 0.3 is 5.97 Å². The van der Waals surface area contributed by atoms with Gasteiger partial charge in [-0.2, -0.15) is 0 Å². The van der Waals surface area contributed by atoms with Gasteiger partial charge in [-0.3, -0.25) is 19.3 Å². The molecule has 0 saturated carbocycles. The first-order valence-electron chi connectivity index (χ1n) is 10.5. The zero-order valence-corrected chi connectivity index (χ0v) is 22.8. The molecule has 0 aromatic heterocycles. The fraction of sp³-hybridized carbons (Fsp3) is 0.870. The van der Waals surface area contributed by atoms with Crippen LogP contribution >= 0.6 is 22.6 Å². The quantitative estimate of drug-likeness (QED) is 0.194. The lowest BCUT2D eigenvalue weighted by molar-refractivity contribution is -0.161. The van der Waals surface area contributed by atoms with Crippen LogP contribution in [-0.2, 0) is 23.9 Å². The number of ketones is 2. The first kappa shape index (κ1) is 29.5. The van der Waals surface area contributed by atoms with Crippen molar-refractivity contribution in [2.45, 2.75) is 98.3 Å². The summed E-state index contributed by atoms with van der Waals surface area (Å²) in [5.41, 5.74) is -2.19.